The van der Waals surface area contributed by atoms with Gasteiger partial charge < -0.3 is 21.3 Å². The zero-order chi connectivity index (χ0) is 19.9. The second-order valence-electron chi connectivity index (χ2n) is 6.28. The van der Waals surface area contributed by atoms with Crippen molar-refractivity contribution in [2.24, 2.45) is 5.73 Å². The Morgan fingerprint density at radius 3 is 2.79 bits per heavy atom. The van der Waals surface area contributed by atoms with Crippen LogP contribution in [0.2, 0.25) is 0 Å². The molecule has 1 fully saturated rings. The third-order valence-electron chi connectivity index (χ3n) is 4.20. The number of nitrogens with one attached hydrogen (secondary N) is 4. The number of nitrogens with zero attached hydrogens (tertiary/aromatic N) is 3. The number of anilines is 1. The quantitative estimate of drug-likeness (QED) is 0.376. The molecule has 0 bridgehead atoms. The number of urea groups is 1. The van der Waals surface area contributed by atoms with Gasteiger partial charge in [0.05, 0.1) is 0 Å². The molecule has 1 saturated heterocycles. The number of hydrogen-bond donors (Lipinski definition) is 5. The van der Waals surface area contributed by atoms with E-state index in [9.17, 15) is 9.59 Å². The van der Waals surface area contributed by atoms with Crippen LogP contribution in [0.3, 0.4) is 0 Å². The van der Waals surface area contributed by atoms with Crippen molar-refractivity contribution in [3.05, 3.63) is 42.2 Å². The number of carbonyl (C=O) groups is 2. The number of guanidine groups is 1. The molecular formula is C18H22N8O2. The van der Waals surface area contributed by atoms with Gasteiger partial charge in [-0.15, -0.1) is 0 Å². The van der Waals surface area contributed by atoms with Crippen molar-refractivity contribution in [3.63, 3.8) is 0 Å². The van der Waals surface area contributed by atoms with Gasteiger partial charge in [0, 0.05) is 50.6 Å². The van der Waals surface area contributed by atoms with E-state index in [2.05, 4.69) is 25.9 Å². The van der Waals surface area contributed by atoms with E-state index in [0.717, 1.165) is 16.7 Å². The molecule has 10 nitrogen and oxygen atoms in total. The maximum Gasteiger partial charge on any atom is 0.321 e. The first-order valence-electron chi connectivity index (χ1n) is 8.83. The highest BCUT2D eigenvalue weighted by molar-refractivity contribution is 5.93. The van der Waals surface area contributed by atoms with Gasteiger partial charge in [0.1, 0.15) is 0 Å². The smallest absolute Gasteiger partial charge is 0.321 e. The minimum atomic E-state index is -0.531. The Bertz CT molecular complexity index is 868. The Labute approximate surface area is 162 Å². The first-order chi connectivity index (χ1) is 13.5. The van der Waals surface area contributed by atoms with Crippen LogP contribution < -0.4 is 26.6 Å². The zero-order valence-corrected chi connectivity index (χ0v) is 15.2. The molecule has 0 spiro atoms. The average Bonchev–Trinajstić information content (AvgIpc) is 2.91. The number of nitrogens with two attached hydrogens (primary N) is 1. The molecule has 28 heavy (non-hydrogen) atoms. The van der Waals surface area contributed by atoms with Gasteiger partial charge in [-0.05, 0) is 17.2 Å². The molecule has 1 aliphatic heterocycles. The number of aromatic nitrogens is 2. The molecule has 0 radical (unpaired) electrons. The Morgan fingerprint density at radius 1 is 1.25 bits per heavy atom. The van der Waals surface area contributed by atoms with Gasteiger partial charge in [0.2, 0.25) is 11.9 Å². The molecular weight excluding hydrogens is 360 g/mol. The molecule has 2 aromatic rings. The summed E-state index contributed by atoms with van der Waals surface area (Å²) in [5.41, 5.74) is 7.78. The highest BCUT2D eigenvalue weighted by atomic mass is 16.2. The van der Waals surface area contributed by atoms with Crippen LogP contribution in [0, 0.1) is 5.41 Å². The van der Waals surface area contributed by atoms with Crippen LogP contribution in [0.5, 0.6) is 0 Å². The van der Waals surface area contributed by atoms with Gasteiger partial charge in [-0.25, -0.2) is 14.8 Å². The van der Waals surface area contributed by atoms with Crippen LogP contribution in [0.15, 0.2) is 36.7 Å². The van der Waals surface area contributed by atoms with Crippen molar-refractivity contribution in [1.29, 1.82) is 5.41 Å². The maximum atomic E-state index is 11.5. The van der Waals surface area contributed by atoms with Gasteiger partial charge in [0.25, 0.3) is 0 Å². The van der Waals surface area contributed by atoms with E-state index in [1.807, 2.05) is 29.2 Å². The Balaban J connectivity index is 1.66. The van der Waals surface area contributed by atoms with Crippen molar-refractivity contribution in [2.45, 2.75) is 13.0 Å². The minimum Gasteiger partial charge on any atom is -0.370 e. The fourth-order valence-electron chi connectivity index (χ4n) is 2.81. The summed E-state index contributed by atoms with van der Waals surface area (Å²) in [6.07, 6.45) is 3.92. The topological polar surface area (TPSA) is 149 Å². The second kappa shape index (κ2) is 8.80. The van der Waals surface area contributed by atoms with Crippen molar-refractivity contribution >= 4 is 23.8 Å². The number of benzene rings is 1. The molecule has 3 amide bonds. The highest BCUT2D eigenvalue weighted by Gasteiger charge is 2.15. The third-order valence-corrected chi connectivity index (χ3v) is 4.20. The monoisotopic (exact) mass is 382 g/mol. The van der Waals surface area contributed by atoms with Gasteiger partial charge in [-0.3, -0.25) is 15.5 Å². The maximum absolute atomic E-state index is 11.5. The summed E-state index contributed by atoms with van der Waals surface area (Å²) in [6.45, 7) is 2.14. The van der Waals surface area contributed by atoms with Gasteiger partial charge in [0.15, 0.2) is 5.96 Å². The molecule has 1 aliphatic rings. The first-order valence-corrected chi connectivity index (χ1v) is 8.83. The summed E-state index contributed by atoms with van der Waals surface area (Å²) in [5.74, 6) is 0.230. The first kappa shape index (κ1) is 19.1. The minimum absolute atomic E-state index is 0.0431. The summed E-state index contributed by atoms with van der Waals surface area (Å²) >= 11 is 0. The lowest BCUT2D eigenvalue weighted by atomic mass is 10.1. The van der Waals surface area contributed by atoms with Crippen molar-refractivity contribution in [2.75, 3.05) is 24.5 Å². The van der Waals surface area contributed by atoms with Crippen LogP contribution in [-0.2, 0) is 11.3 Å². The fourth-order valence-corrected chi connectivity index (χ4v) is 2.81. The van der Waals surface area contributed by atoms with E-state index >= 15 is 0 Å². The normalized spacial score (nSPS) is 14.0. The van der Waals surface area contributed by atoms with E-state index in [-0.39, 0.29) is 5.91 Å². The van der Waals surface area contributed by atoms with Gasteiger partial charge in [-0.1, -0.05) is 18.2 Å². The van der Waals surface area contributed by atoms with Crippen LogP contribution in [-0.4, -0.2) is 47.5 Å². The average molecular weight is 382 g/mol. The predicted molar refractivity (Wildman–Crippen MR) is 105 cm³/mol. The molecule has 0 saturated carbocycles. The molecule has 10 heteroatoms. The highest BCUT2D eigenvalue weighted by Crippen LogP contribution is 2.20. The number of amides is 3. The predicted octanol–water partition coefficient (Wildman–Crippen LogP) is 0.163. The lowest BCUT2D eigenvalue weighted by Gasteiger charge is -2.19. The molecule has 1 aromatic carbocycles. The summed E-state index contributed by atoms with van der Waals surface area (Å²) in [5, 5.41) is 14.7. The van der Waals surface area contributed by atoms with Crippen molar-refractivity contribution in [1.82, 2.24) is 25.9 Å². The lowest BCUT2D eigenvalue weighted by Crippen LogP contribution is -2.42. The van der Waals surface area contributed by atoms with Crippen molar-refractivity contribution in [3.8, 4) is 11.1 Å². The molecule has 0 unspecified atom stereocenters. The largest absolute Gasteiger partial charge is 0.370 e. The zero-order valence-electron chi connectivity index (χ0n) is 15.2. The molecule has 0 aliphatic carbocycles. The summed E-state index contributed by atoms with van der Waals surface area (Å²) in [6, 6.07) is 7.10. The van der Waals surface area contributed by atoms with E-state index < -0.39 is 12.0 Å². The summed E-state index contributed by atoms with van der Waals surface area (Å²) in [4.78, 5) is 33.8. The lowest BCUT2D eigenvalue weighted by molar-refractivity contribution is -0.120. The van der Waals surface area contributed by atoms with Gasteiger partial charge >= 0.3 is 6.03 Å². The summed E-state index contributed by atoms with van der Waals surface area (Å²) in [7, 11) is 0. The van der Waals surface area contributed by atoms with E-state index in [4.69, 9.17) is 11.1 Å². The Hall–Kier alpha value is -3.69. The van der Waals surface area contributed by atoms with E-state index in [0.29, 0.717) is 38.5 Å². The second-order valence-corrected chi connectivity index (χ2v) is 6.28. The molecule has 6 N–H and O–H groups in total. The number of rotatable bonds is 4. The molecule has 2 heterocycles. The fraction of sp³-hybridized carbons (Fsp3) is 0.278. The molecule has 146 valence electrons. The SMILES string of the molecule is N=C(N)NC(=O)NCc1cccc(-c2cnc(N3CCNC(=O)CC3)nc2)c1. The number of carbonyl (C=O) groups excluding carboxylic acids is 2. The third kappa shape index (κ3) is 5.16. The van der Waals surface area contributed by atoms with Crippen molar-refractivity contribution < 1.29 is 9.59 Å². The van der Waals surface area contributed by atoms with Crippen LogP contribution in [0.4, 0.5) is 10.7 Å². The standard InChI is InChI=1S/C18H22N8O2/c19-16(20)25-18(28)24-9-12-2-1-3-13(8-12)14-10-22-17(23-11-14)26-6-4-15(27)21-5-7-26/h1-3,8,10-11H,4-7,9H2,(H,21,27)(H5,19,20,24,25,28). The van der Waals surface area contributed by atoms with Crippen LogP contribution in [0.1, 0.15) is 12.0 Å². The van der Waals surface area contributed by atoms with Crippen LogP contribution >= 0.6 is 0 Å². The summed E-state index contributed by atoms with van der Waals surface area (Å²) < 4.78 is 0. The number of hydrogen-bond acceptors (Lipinski definition) is 6. The van der Waals surface area contributed by atoms with E-state index in [1.54, 1.807) is 12.4 Å². The van der Waals surface area contributed by atoms with Gasteiger partial charge in [-0.2, -0.15) is 0 Å². The molecule has 0 atom stereocenters. The van der Waals surface area contributed by atoms with Crippen LogP contribution in [0.25, 0.3) is 11.1 Å². The molecule has 3 rings (SSSR count). The van der Waals surface area contributed by atoms with E-state index in [1.165, 1.54) is 0 Å². The molecule has 1 aromatic heterocycles. The Morgan fingerprint density at radius 2 is 2.04 bits per heavy atom. The Kier molecular flexibility index (Phi) is 6.00.